The minimum atomic E-state index is 0.816. The molecule has 0 aromatic heterocycles. The minimum Gasteiger partial charge on any atom is -0.151 e. The Labute approximate surface area is 223 Å². The maximum absolute atomic E-state index is 4.74. The Morgan fingerprint density at radius 1 is 0.237 bits per heavy atom. The van der Waals surface area contributed by atoms with Crippen LogP contribution in [0.15, 0.2) is 168 Å². The fraction of sp³-hybridized carbons (Fsp3) is 0. The van der Waals surface area contributed by atoms with Gasteiger partial charge in [-0.2, -0.15) is 10.2 Å². The minimum absolute atomic E-state index is 0.816. The van der Waals surface area contributed by atoms with Gasteiger partial charge in [0.15, 0.2) is 0 Å². The smallest absolute Gasteiger partial charge is 0.0869 e. The highest BCUT2D eigenvalue weighted by atomic mass is 15.1. The lowest BCUT2D eigenvalue weighted by Crippen LogP contribution is -1.83. The van der Waals surface area contributed by atoms with Gasteiger partial charge in [0, 0.05) is 0 Å². The zero-order valence-corrected chi connectivity index (χ0v) is 20.9. The molecule has 6 aromatic rings. The van der Waals surface area contributed by atoms with Gasteiger partial charge in [0.05, 0.1) is 11.4 Å². The summed E-state index contributed by atoms with van der Waals surface area (Å²) in [5, 5.41) is 9.49. The lowest BCUT2D eigenvalue weighted by atomic mass is 9.98. The van der Waals surface area contributed by atoms with Crippen molar-refractivity contribution in [2.75, 3.05) is 0 Å². The van der Waals surface area contributed by atoms with Crippen molar-refractivity contribution in [3.63, 3.8) is 0 Å². The third-order valence-electron chi connectivity index (χ3n) is 6.54. The standard InChI is InChI=1S/C36H26N2/c1-5-13-27(14-6-1)31-21-32(28-15-7-2-8-16-28)24-35(23-31)37-38-36-25-33(29-17-9-3-10-18-29)22-34(26-36)30-19-11-4-12-20-30/h1-26H. The lowest BCUT2D eigenvalue weighted by molar-refractivity contribution is 1.23. The van der Waals surface area contributed by atoms with E-state index in [0.717, 1.165) is 55.9 Å². The summed E-state index contributed by atoms with van der Waals surface area (Å²) >= 11 is 0. The third-order valence-corrected chi connectivity index (χ3v) is 6.54. The zero-order valence-electron chi connectivity index (χ0n) is 20.9. The van der Waals surface area contributed by atoms with Gasteiger partial charge in [0.25, 0.3) is 0 Å². The average molecular weight is 487 g/mol. The molecule has 38 heavy (non-hydrogen) atoms. The van der Waals surface area contributed by atoms with E-state index in [1.807, 2.05) is 24.3 Å². The lowest BCUT2D eigenvalue weighted by Gasteiger charge is -2.09. The SMILES string of the molecule is c1ccc(-c2cc(N=Nc3cc(-c4ccccc4)cc(-c4ccccc4)c3)cc(-c3ccccc3)c2)cc1. The van der Waals surface area contributed by atoms with Crippen molar-refractivity contribution in [1.82, 2.24) is 0 Å². The van der Waals surface area contributed by atoms with Crippen LogP contribution >= 0.6 is 0 Å². The van der Waals surface area contributed by atoms with E-state index in [4.69, 9.17) is 10.2 Å². The summed E-state index contributed by atoms with van der Waals surface area (Å²) in [7, 11) is 0. The van der Waals surface area contributed by atoms with E-state index in [9.17, 15) is 0 Å². The fourth-order valence-electron chi connectivity index (χ4n) is 4.64. The fourth-order valence-corrected chi connectivity index (χ4v) is 4.64. The van der Waals surface area contributed by atoms with E-state index in [-0.39, 0.29) is 0 Å². The predicted octanol–water partition coefficient (Wildman–Crippen LogP) is 10.8. The largest absolute Gasteiger partial charge is 0.151 e. The Morgan fingerprint density at radius 3 is 0.711 bits per heavy atom. The molecule has 0 saturated carbocycles. The van der Waals surface area contributed by atoms with Gasteiger partial charge in [-0.3, -0.25) is 0 Å². The molecular weight excluding hydrogens is 460 g/mol. The molecule has 0 aliphatic rings. The molecule has 0 amide bonds. The third kappa shape index (κ3) is 5.35. The maximum Gasteiger partial charge on any atom is 0.0869 e. The number of hydrogen-bond donors (Lipinski definition) is 0. The van der Waals surface area contributed by atoms with E-state index in [2.05, 4.69) is 133 Å². The van der Waals surface area contributed by atoms with Crippen LogP contribution in [0.5, 0.6) is 0 Å². The van der Waals surface area contributed by atoms with Gasteiger partial charge in [-0.05, 0) is 80.9 Å². The Bertz CT molecular complexity index is 1430. The van der Waals surface area contributed by atoms with Crippen LogP contribution in [0.1, 0.15) is 0 Å². The quantitative estimate of drug-likeness (QED) is 0.209. The van der Waals surface area contributed by atoms with Crippen LogP contribution in [0, 0.1) is 0 Å². The number of hydrogen-bond acceptors (Lipinski definition) is 2. The van der Waals surface area contributed by atoms with Crippen LogP contribution in [0.4, 0.5) is 11.4 Å². The Hall–Kier alpha value is -5.08. The van der Waals surface area contributed by atoms with Crippen LogP contribution in [-0.4, -0.2) is 0 Å². The zero-order chi connectivity index (χ0) is 25.6. The molecule has 0 radical (unpaired) electrons. The van der Waals surface area contributed by atoms with E-state index in [1.165, 1.54) is 0 Å². The molecule has 0 fully saturated rings. The number of nitrogens with zero attached hydrogens (tertiary/aromatic N) is 2. The van der Waals surface area contributed by atoms with Gasteiger partial charge in [0.2, 0.25) is 0 Å². The molecule has 6 rings (SSSR count). The summed E-state index contributed by atoms with van der Waals surface area (Å²) < 4.78 is 0. The molecule has 0 bridgehead atoms. The van der Waals surface area contributed by atoms with Gasteiger partial charge in [-0.1, -0.05) is 121 Å². The monoisotopic (exact) mass is 486 g/mol. The van der Waals surface area contributed by atoms with Gasteiger partial charge in [-0.15, -0.1) is 0 Å². The van der Waals surface area contributed by atoms with Crippen molar-refractivity contribution in [3.05, 3.63) is 158 Å². The molecule has 0 atom stereocenters. The summed E-state index contributed by atoms with van der Waals surface area (Å²) in [6, 6.07) is 54.5. The van der Waals surface area contributed by atoms with Crippen LogP contribution in [-0.2, 0) is 0 Å². The van der Waals surface area contributed by atoms with E-state index >= 15 is 0 Å². The molecule has 0 heterocycles. The molecule has 2 nitrogen and oxygen atoms in total. The van der Waals surface area contributed by atoms with Crippen molar-refractivity contribution < 1.29 is 0 Å². The maximum atomic E-state index is 4.74. The Balaban J connectivity index is 1.44. The van der Waals surface area contributed by atoms with E-state index in [1.54, 1.807) is 0 Å². The topological polar surface area (TPSA) is 24.7 Å². The van der Waals surface area contributed by atoms with Gasteiger partial charge in [0.1, 0.15) is 0 Å². The van der Waals surface area contributed by atoms with Crippen LogP contribution in [0.2, 0.25) is 0 Å². The van der Waals surface area contributed by atoms with Gasteiger partial charge >= 0.3 is 0 Å². The normalized spacial score (nSPS) is 11.1. The molecule has 2 heteroatoms. The van der Waals surface area contributed by atoms with Crippen molar-refractivity contribution in [2.45, 2.75) is 0 Å². The highest BCUT2D eigenvalue weighted by Crippen LogP contribution is 2.35. The van der Waals surface area contributed by atoms with Gasteiger partial charge in [-0.25, -0.2) is 0 Å². The number of benzene rings is 6. The first-order valence-corrected chi connectivity index (χ1v) is 12.8. The second-order valence-electron chi connectivity index (χ2n) is 9.20. The van der Waals surface area contributed by atoms with Crippen molar-refractivity contribution >= 4 is 11.4 Å². The Morgan fingerprint density at radius 2 is 0.474 bits per heavy atom. The molecule has 0 N–H and O–H groups in total. The highest BCUT2D eigenvalue weighted by molar-refractivity contribution is 5.78. The molecule has 180 valence electrons. The molecule has 0 unspecified atom stereocenters. The van der Waals surface area contributed by atoms with Gasteiger partial charge < -0.3 is 0 Å². The van der Waals surface area contributed by atoms with Crippen LogP contribution in [0.3, 0.4) is 0 Å². The molecule has 0 aliphatic carbocycles. The predicted molar refractivity (Wildman–Crippen MR) is 159 cm³/mol. The average Bonchev–Trinajstić information content (AvgIpc) is 3.01. The summed E-state index contributed by atoms with van der Waals surface area (Å²) in [5.74, 6) is 0. The van der Waals surface area contributed by atoms with Crippen molar-refractivity contribution in [2.24, 2.45) is 10.2 Å². The van der Waals surface area contributed by atoms with Crippen LogP contribution < -0.4 is 0 Å². The Kier molecular flexibility index (Phi) is 6.69. The molecule has 0 spiro atoms. The first-order valence-electron chi connectivity index (χ1n) is 12.8. The molecule has 0 saturated heterocycles. The molecule has 6 aromatic carbocycles. The van der Waals surface area contributed by atoms with E-state index in [0.29, 0.717) is 0 Å². The summed E-state index contributed by atoms with van der Waals surface area (Å²) in [5.41, 5.74) is 10.7. The first-order chi connectivity index (χ1) is 18.8. The molecular formula is C36H26N2. The second-order valence-corrected chi connectivity index (χ2v) is 9.20. The number of azo groups is 1. The van der Waals surface area contributed by atoms with Crippen molar-refractivity contribution in [1.29, 1.82) is 0 Å². The summed E-state index contributed by atoms with van der Waals surface area (Å²) in [4.78, 5) is 0. The first kappa shape index (κ1) is 23.3. The van der Waals surface area contributed by atoms with Crippen LogP contribution in [0.25, 0.3) is 44.5 Å². The summed E-state index contributed by atoms with van der Waals surface area (Å²) in [6.07, 6.45) is 0. The second kappa shape index (κ2) is 10.9. The highest BCUT2D eigenvalue weighted by Gasteiger charge is 2.08. The van der Waals surface area contributed by atoms with Crippen molar-refractivity contribution in [3.8, 4) is 44.5 Å². The summed E-state index contributed by atoms with van der Waals surface area (Å²) in [6.45, 7) is 0. The molecule has 0 aliphatic heterocycles. The van der Waals surface area contributed by atoms with E-state index < -0.39 is 0 Å². The number of rotatable bonds is 6.